The fourth-order valence-corrected chi connectivity index (χ4v) is 4.17. The van der Waals surface area contributed by atoms with Crippen LogP contribution in [-0.2, 0) is 4.74 Å². The quantitative estimate of drug-likeness (QED) is 0.208. The van der Waals surface area contributed by atoms with Crippen LogP contribution in [0.1, 0.15) is 0 Å². The topological polar surface area (TPSA) is 200 Å². The molecule has 1 fully saturated rings. The maximum atomic E-state index is 12.1. The number of fused-ring (bicyclic) bond motifs is 2. The molecule has 0 aliphatic carbocycles. The van der Waals surface area contributed by atoms with E-state index in [1.165, 1.54) is 30.3 Å². The number of aliphatic hydroxyl groups is 4. The van der Waals surface area contributed by atoms with E-state index in [0.29, 0.717) is 5.39 Å². The largest absolute Gasteiger partial charge is 0.507 e. The van der Waals surface area contributed by atoms with Crippen molar-refractivity contribution in [2.45, 2.75) is 30.7 Å². The molecule has 2 aromatic carbocycles. The second-order valence-electron chi connectivity index (χ2n) is 8.22. The van der Waals surface area contributed by atoms with Crippen LogP contribution < -0.4 is 16.0 Å². The van der Waals surface area contributed by atoms with Gasteiger partial charge in [0.1, 0.15) is 35.7 Å². The van der Waals surface area contributed by atoms with Gasteiger partial charge < -0.3 is 48.9 Å². The van der Waals surface area contributed by atoms with Crippen molar-refractivity contribution in [2.75, 3.05) is 6.61 Å². The lowest BCUT2D eigenvalue weighted by Gasteiger charge is -2.39. The summed E-state index contributed by atoms with van der Waals surface area (Å²) in [5.74, 6) is -1.47. The lowest BCUT2D eigenvalue weighted by atomic mass is 9.97. The van der Waals surface area contributed by atoms with Crippen molar-refractivity contribution in [1.82, 2.24) is 0 Å². The van der Waals surface area contributed by atoms with Crippen LogP contribution >= 0.6 is 0 Å². The third-order valence-corrected chi connectivity index (χ3v) is 5.94. The third kappa shape index (κ3) is 3.86. The molecule has 0 radical (unpaired) electrons. The van der Waals surface area contributed by atoms with Crippen LogP contribution in [0.3, 0.4) is 0 Å². The van der Waals surface area contributed by atoms with E-state index in [1.54, 1.807) is 0 Å². The van der Waals surface area contributed by atoms with Gasteiger partial charge in [-0.2, -0.15) is 0 Å². The maximum Gasteiger partial charge on any atom is 0.336 e. The summed E-state index contributed by atoms with van der Waals surface area (Å²) in [7, 11) is 0. The van der Waals surface area contributed by atoms with Gasteiger partial charge in [-0.25, -0.2) is 9.59 Å². The van der Waals surface area contributed by atoms with Crippen LogP contribution in [0.2, 0.25) is 0 Å². The number of aliphatic hydroxyl groups excluding tert-OH is 4. The Labute approximate surface area is 200 Å². The molecule has 1 aliphatic heterocycles. The minimum atomic E-state index is -1.84. The highest BCUT2D eigenvalue weighted by Gasteiger charge is 2.45. The summed E-state index contributed by atoms with van der Waals surface area (Å²) < 4.78 is 21.8. The van der Waals surface area contributed by atoms with Crippen LogP contribution in [-0.4, -0.2) is 68.0 Å². The molecule has 1 saturated heterocycles. The average Bonchev–Trinajstić information content (AvgIpc) is 2.85. The molecule has 2 aromatic heterocycles. The molecule has 188 valence electrons. The first kappa shape index (κ1) is 23.8. The van der Waals surface area contributed by atoms with Gasteiger partial charge in [0.15, 0.2) is 17.1 Å². The van der Waals surface area contributed by atoms with E-state index in [9.17, 15) is 40.2 Å². The van der Waals surface area contributed by atoms with Gasteiger partial charge in [-0.1, -0.05) is 0 Å². The second kappa shape index (κ2) is 8.93. The van der Waals surface area contributed by atoms with Gasteiger partial charge >= 0.3 is 11.3 Å². The normalized spacial score (nSPS) is 24.3. The Bertz CT molecular complexity index is 1570. The molecule has 0 amide bonds. The van der Waals surface area contributed by atoms with Crippen LogP contribution in [0.15, 0.2) is 60.9 Å². The predicted octanol–water partition coefficient (Wildman–Crippen LogP) is 0.156. The van der Waals surface area contributed by atoms with Crippen molar-refractivity contribution in [3.05, 3.63) is 63.3 Å². The van der Waals surface area contributed by atoms with E-state index in [1.807, 2.05) is 0 Å². The Morgan fingerprint density at radius 3 is 2.03 bits per heavy atom. The molecule has 1 aliphatic rings. The highest BCUT2D eigenvalue weighted by Crippen LogP contribution is 2.49. The Morgan fingerprint density at radius 2 is 1.36 bits per heavy atom. The summed E-state index contributed by atoms with van der Waals surface area (Å²) in [6.45, 7) is -0.731. The molecule has 0 saturated carbocycles. The van der Waals surface area contributed by atoms with Gasteiger partial charge in [-0.05, 0) is 30.3 Å². The van der Waals surface area contributed by atoms with E-state index in [-0.39, 0.29) is 27.7 Å². The van der Waals surface area contributed by atoms with E-state index < -0.39 is 65.8 Å². The van der Waals surface area contributed by atoms with E-state index in [0.717, 1.165) is 12.1 Å². The van der Waals surface area contributed by atoms with Crippen molar-refractivity contribution in [3.63, 3.8) is 0 Å². The molecule has 0 spiro atoms. The standard InChI is InChI=1S/C24H20O12/c25-8-13-18(30)19(31)20(32)24(33-13)36-23-12(27)7-10-3-6-15(29)35-22(10)17(23)16-11(26)4-1-9-2-5-14(28)34-21(9)16/h1-7,13,18-20,24-27,30-32H,8H2/t13-,18-,19+,20-,24+/m0/s1. The highest BCUT2D eigenvalue weighted by molar-refractivity contribution is 6.06. The van der Waals surface area contributed by atoms with Crippen molar-refractivity contribution in [2.24, 2.45) is 0 Å². The zero-order valence-corrected chi connectivity index (χ0v) is 18.3. The summed E-state index contributed by atoms with van der Waals surface area (Å²) in [6, 6.07) is 8.98. The smallest absolute Gasteiger partial charge is 0.336 e. The average molecular weight is 500 g/mol. The fraction of sp³-hybridized carbons (Fsp3) is 0.250. The molecule has 36 heavy (non-hydrogen) atoms. The van der Waals surface area contributed by atoms with Crippen molar-refractivity contribution in [1.29, 1.82) is 0 Å². The number of benzene rings is 2. The summed E-state index contributed by atoms with van der Waals surface area (Å²) in [5, 5.41) is 62.4. The van der Waals surface area contributed by atoms with Gasteiger partial charge in [0.2, 0.25) is 6.29 Å². The lowest BCUT2D eigenvalue weighted by molar-refractivity contribution is -0.277. The van der Waals surface area contributed by atoms with Crippen molar-refractivity contribution >= 4 is 21.9 Å². The molecule has 5 rings (SSSR count). The lowest BCUT2D eigenvalue weighted by Crippen LogP contribution is -2.60. The third-order valence-electron chi connectivity index (χ3n) is 5.94. The molecule has 0 bridgehead atoms. The molecular weight excluding hydrogens is 480 g/mol. The number of hydrogen-bond acceptors (Lipinski definition) is 12. The highest BCUT2D eigenvalue weighted by atomic mass is 16.7. The Hall–Kier alpha value is -3.94. The predicted molar refractivity (Wildman–Crippen MR) is 122 cm³/mol. The molecule has 12 nitrogen and oxygen atoms in total. The molecular formula is C24H20O12. The van der Waals surface area contributed by atoms with Gasteiger partial charge in [0.05, 0.1) is 17.7 Å². The summed E-state index contributed by atoms with van der Waals surface area (Å²) in [6.07, 6.45) is -8.34. The molecule has 3 heterocycles. The van der Waals surface area contributed by atoms with Crippen LogP contribution in [0.25, 0.3) is 33.1 Å². The first-order valence-electron chi connectivity index (χ1n) is 10.7. The molecule has 0 unspecified atom stereocenters. The Kier molecular flexibility index (Phi) is 5.90. The zero-order chi connectivity index (χ0) is 25.7. The monoisotopic (exact) mass is 500 g/mol. The fourth-order valence-electron chi connectivity index (χ4n) is 4.17. The molecule has 6 N–H and O–H groups in total. The minimum absolute atomic E-state index is 0.125. The molecule has 5 atom stereocenters. The first-order valence-corrected chi connectivity index (χ1v) is 10.7. The van der Waals surface area contributed by atoms with E-state index in [4.69, 9.17) is 18.3 Å². The van der Waals surface area contributed by atoms with Crippen molar-refractivity contribution < 1.29 is 48.9 Å². The molecule has 4 aromatic rings. The number of hydrogen-bond donors (Lipinski definition) is 6. The summed E-state index contributed by atoms with van der Waals surface area (Å²) in [5.41, 5.74) is -2.24. The van der Waals surface area contributed by atoms with Gasteiger partial charge in [-0.15, -0.1) is 0 Å². The van der Waals surface area contributed by atoms with Crippen LogP contribution in [0, 0.1) is 0 Å². The van der Waals surface area contributed by atoms with Crippen LogP contribution in [0.5, 0.6) is 17.2 Å². The number of phenols is 2. The second-order valence-corrected chi connectivity index (χ2v) is 8.22. The summed E-state index contributed by atoms with van der Waals surface area (Å²) >= 11 is 0. The van der Waals surface area contributed by atoms with Gasteiger partial charge in [0.25, 0.3) is 0 Å². The van der Waals surface area contributed by atoms with E-state index >= 15 is 0 Å². The van der Waals surface area contributed by atoms with E-state index in [2.05, 4.69) is 0 Å². The Balaban J connectivity index is 1.80. The Morgan fingerprint density at radius 1 is 0.750 bits per heavy atom. The minimum Gasteiger partial charge on any atom is -0.507 e. The van der Waals surface area contributed by atoms with Gasteiger partial charge in [0, 0.05) is 22.9 Å². The van der Waals surface area contributed by atoms with Gasteiger partial charge in [-0.3, -0.25) is 0 Å². The number of rotatable bonds is 4. The van der Waals surface area contributed by atoms with Crippen molar-refractivity contribution in [3.8, 4) is 28.4 Å². The summed E-state index contributed by atoms with van der Waals surface area (Å²) in [4.78, 5) is 24.1. The SMILES string of the molecule is O=c1ccc2ccc(O)c(-c3c(O[C@H]4O[C@@H](CO)[C@H](O)[C@@H](O)[C@@H]4O)c(O)cc4ccc(=O)oc34)c2o1. The number of phenolic OH excluding ortho intramolecular Hbond substituents is 2. The van der Waals surface area contributed by atoms with Crippen LogP contribution in [0.4, 0.5) is 0 Å². The number of aromatic hydroxyl groups is 2. The molecule has 12 heteroatoms. The maximum absolute atomic E-state index is 12.1. The first-order chi connectivity index (χ1) is 17.2. The number of ether oxygens (including phenoxy) is 2. The zero-order valence-electron chi connectivity index (χ0n) is 18.3.